The molecule has 3 aromatic carbocycles. The molecule has 0 bridgehead atoms. The van der Waals surface area contributed by atoms with Crippen LogP contribution >= 0.6 is 0 Å². The van der Waals surface area contributed by atoms with Crippen LogP contribution < -0.4 is 16.4 Å². The Hall–Kier alpha value is -3.05. The Labute approximate surface area is 160 Å². The van der Waals surface area contributed by atoms with Crippen molar-refractivity contribution in [1.29, 1.82) is 0 Å². The second-order valence-corrected chi connectivity index (χ2v) is 5.98. The van der Waals surface area contributed by atoms with Crippen molar-refractivity contribution in [3.05, 3.63) is 88.3 Å². The molecule has 0 fully saturated rings. The van der Waals surface area contributed by atoms with Crippen LogP contribution in [0.2, 0.25) is 0 Å². The molecule has 0 unspecified atom stereocenters. The van der Waals surface area contributed by atoms with Crippen LogP contribution in [0.25, 0.3) is 0 Å². The van der Waals surface area contributed by atoms with Crippen molar-refractivity contribution < 1.29 is 48.3 Å². The van der Waals surface area contributed by atoms with E-state index in [9.17, 15) is 48.3 Å². The summed E-state index contributed by atoms with van der Waals surface area (Å²) in [6.45, 7) is -3.12. The van der Waals surface area contributed by atoms with E-state index >= 15 is 0 Å². The largest absolute Gasteiger partial charge is 0.264 e. The predicted octanol–water partition coefficient (Wildman–Crippen LogP) is 3.73. The fourth-order valence-electron chi connectivity index (χ4n) is 2.95. The van der Waals surface area contributed by atoms with Crippen LogP contribution in [0.4, 0.5) is 48.3 Å². The Balaban J connectivity index is 2.56. The van der Waals surface area contributed by atoms with Crippen LogP contribution in [0.5, 0.6) is 0 Å². The SMILES string of the molecule is Fc1cc(F)c(B(c2c(F)c(F)cc(F)c2F)c2c(F)c(F)cc(F)c2F)c(F)c1. The molecule has 0 atom stereocenters. The Morgan fingerprint density at radius 1 is 0.367 bits per heavy atom. The molecule has 12 heteroatoms. The van der Waals surface area contributed by atoms with Crippen molar-refractivity contribution in [2.45, 2.75) is 0 Å². The van der Waals surface area contributed by atoms with E-state index in [0.717, 1.165) is 0 Å². The second-order valence-electron chi connectivity index (χ2n) is 5.98. The molecule has 30 heavy (non-hydrogen) atoms. The molecule has 3 rings (SSSR count). The summed E-state index contributed by atoms with van der Waals surface area (Å²) in [7, 11) is 0. The van der Waals surface area contributed by atoms with Gasteiger partial charge >= 0.3 is 0 Å². The maximum absolute atomic E-state index is 14.3. The summed E-state index contributed by atoms with van der Waals surface area (Å²) in [5, 5.41) is 0. The van der Waals surface area contributed by atoms with E-state index < -0.39 is 87.1 Å². The lowest BCUT2D eigenvalue weighted by Crippen LogP contribution is -2.59. The summed E-state index contributed by atoms with van der Waals surface area (Å²) in [4.78, 5) is 0. The third-order valence-electron chi connectivity index (χ3n) is 4.20. The lowest BCUT2D eigenvalue weighted by molar-refractivity contribution is 0.459. The van der Waals surface area contributed by atoms with Crippen LogP contribution in [0.1, 0.15) is 0 Å². The minimum Gasteiger partial charge on any atom is -0.207 e. The van der Waals surface area contributed by atoms with Gasteiger partial charge < -0.3 is 0 Å². The third-order valence-corrected chi connectivity index (χ3v) is 4.20. The van der Waals surface area contributed by atoms with Crippen molar-refractivity contribution in [2.24, 2.45) is 0 Å². The molecular weight excluding hydrogens is 436 g/mol. The van der Waals surface area contributed by atoms with Gasteiger partial charge in [-0.2, -0.15) is 0 Å². The van der Waals surface area contributed by atoms with Crippen LogP contribution in [0, 0.1) is 64.0 Å². The van der Waals surface area contributed by atoms with Gasteiger partial charge in [0.25, 0.3) is 6.71 Å². The molecule has 0 spiro atoms. The van der Waals surface area contributed by atoms with Gasteiger partial charge in [0.15, 0.2) is 46.5 Å². The van der Waals surface area contributed by atoms with Gasteiger partial charge in [0, 0.05) is 40.7 Å². The highest BCUT2D eigenvalue weighted by molar-refractivity contribution is 6.95. The first-order valence-corrected chi connectivity index (χ1v) is 7.75. The van der Waals surface area contributed by atoms with Gasteiger partial charge in [0.1, 0.15) is 17.5 Å². The van der Waals surface area contributed by atoms with Crippen molar-refractivity contribution in [3.63, 3.8) is 0 Å². The predicted molar refractivity (Wildman–Crippen MR) is 83.5 cm³/mol. The molecule has 0 amide bonds. The monoisotopic (exact) mass is 440 g/mol. The lowest BCUT2D eigenvalue weighted by Gasteiger charge is -2.20. The summed E-state index contributed by atoms with van der Waals surface area (Å²) in [6, 6.07) is -0.798. The fraction of sp³-hybridized carbons (Fsp3) is 0. The standard InChI is InChI=1S/C18H4BF11/c20-5-1-6(21)12(7(22)2-5)19(13-15(27)8(23)3-9(24)16(13)28)14-17(29)10(25)4-11(26)18(14)30/h1-4H. The van der Waals surface area contributed by atoms with Gasteiger partial charge in [0.05, 0.1) is 0 Å². The van der Waals surface area contributed by atoms with Gasteiger partial charge in [-0.1, -0.05) is 0 Å². The minimum absolute atomic E-state index is 0.0810. The molecule has 3 aromatic rings. The number of benzene rings is 3. The first-order chi connectivity index (χ1) is 14.0. The maximum atomic E-state index is 14.3. The molecule has 0 aliphatic carbocycles. The van der Waals surface area contributed by atoms with Gasteiger partial charge in [0.2, 0.25) is 0 Å². The average molecular weight is 440 g/mol. The normalized spacial score (nSPS) is 11.2. The third kappa shape index (κ3) is 3.39. The lowest BCUT2D eigenvalue weighted by atomic mass is 9.36. The minimum atomic E-state index is -3.12. The number of hydrogen-bond donors (Lipinski definition) is 0. The highest BCUT2D eigenvalue weighted by Crippen LogP contribution is 2.18. The summed E-state index contributed by atoms with van der Waals surface area (Å²) in [5.74, 6) is -23.6. The highest BCUT2D eigenvalue weighted by atomic mass is 19.2. The van der Waals surface area contributed by atoms with E-state index in [-0.39, 0.29) is 24.3 Å². The Kier molecular flexibility index (Phi) is 5.53. The number of halogens is 11. The zero-order valence-electron chi connectivity index (χ0n) is 14.0. The molecule has 0 heterocycles. The van der Waals surface area contributed by atoms with E-state index in [0.29, 0.717) is 0 Å². The zero-order valence-corrected chi connectivity index (χ0v) is 14.0. The molecule has 0 radical (unpaired) electrons. The maximum Gasteiger partial charge on any atom is 0.264 e. The first-order valence-electron chi connectivity index (χ1n) is 7.75. The molecule has 0 N–H and O–H groups in total. The van der Waals surface area contributed by atoms with Gasteiger partial charge in [-0.15, -0.1) is 0 Å². The summed E-state index contributed by atoms with van der Waals surface area (Å²) < 4.78 is 154. The van der Waals surface area contributed by atoms with Crippen LogP contribution in [0.3, 0.4) is 0 Å². The highest BCUT2D eigenvalue weighted by Gasteiger charge is 2.41. The molecule has 0 aliphatic heterocycles. The van der Waals surface area contributed by atoms with E-state index in [1.807, 2.05) is 0 Å². The molecule has 0 nitrogen and oxygen atoms in total. The van der Waals surface area contributed by atoms with Crippen LogP contribution in [0.15, 0.2) is 24.3 Å². The summed E-state index contributed by atoms with van der Waals surface area (Å²) >= 11 is 0. The van der Waals surface area contributed by atoms with Gasteiger partial charge in [-0.3, -0.25) is 0 Å². The fourth-order valence-corrected chi connectivity index (χ4v) is 2.95. The average Bonchev–Trinajstić information content (AvgIpc) is 2.64. The van der Waals surface area contributed by atoms with E-state index in [1.54, 1.807) is 0 Å². The van der Waals surface area contributed by atoms with Crippen LogP contribution in [-0.4, -0.2) is 6.71 Å². The van der Waals surface area contributed by atoms with Gasteiger partial charge in [-0.25, -0.2) is 48.3 Å². The smallest absolute Gasteiger partial charge is 0.207 e. The quantitative estimate of drug-likeness (QED) is 0.331. The molecular formula is C18H4BF11. The molecule has 0 aliphatic rings. The molecule has 0 aromatic heterocycles. The summed E-state index contributed by atoms with van der Waals surface area (Å²) in [6.07, 6.45) is 0. The summed E-state index contributed by atoms with van der Waals surface area (Å²) in [5.41, 5.74) is -5.72. The van der Waals surface area contributed by atoms with Crippen LogP contribution in [-0.2, 0) is 0 Å². The second kappa shape index (κ2) is 7.65. The van der Waals surface area contributed by atoms with E-state index in [4.69, 9.17) is 0 Å². The van der Waals surface area contributed by atoms with E-state index in [2.05, 4.69) is 0 Å². The van der Waals surface area contributed by atoms with Crippen molar-refractivity contribution in [1.82, 2.24) is 0 Å². The Bertz CT molecular complexity index is 1040. The van der Waals surface area contributed by atoms with E-state index in [1.165, 1.54) is 0 Å². The Morgan fingerprint density at radius 2 is 0.667 bits per heavy atom. The van der Waals surface area contributed by atoms with Crippen molar-refractivity contribution >= 4 is 23.1 Å². The van der Waals surface area contributed by atoms with Crippen molar-refractivity contribution in [3.8, 4) is 0 Å². The zero-order chi connectivity index (χ0) is 22.5. The number of rotatable bonds is 3. The topological polar surface area (TPSA) is 0 Å². The molecule has 0 saturated carbocycles. The Morgan fingerprint density at radius 3 is 0.967 bits per heavy atom. The first kappa shape index (κ1) is 21.7. The molecule has 156 valence electrons. The van der Waals surface area contributed by atoms with Crippen molar-refractivity contribution in [2.75, 3.05) is 0 Å². The van der Waals surface area contributed by atoms with Gasteiger partial charge in [-0.05, 0) is 0 Å². The molecule has 0 saturated heterocycles. The number of hydrogen-bond acceptors (Lipinski definition) is 0.